The van der Waals surface area contributed by atoms with E-state index in [1.807, 2.05) is 17.5 Å². The van der Waals surface area contributed by atoms with Crippen molar-refractivity contribution >= 4 is 11.3 Å². The molecule has 1 aromatic rings. The fraction of sp³-hybridized carbons (Fsp3) is 0.600. The summed E-state index contributed by atoms with van der Waals surface area (Å²) in [5.41, 5.74) is 0. The summed E-state index contributed by atoms with van der Waals surface area (Å²) >= 11 is 1.63. The molecule has 0 amide bonds. The van der Waals surface area contributed by atoms with E-state index in [4.69, 9.17) is 0 Å². The third-order valence-electron chi connectivity index (χ3n) is 2.49. The first-order valence-electron chi connectivity index (χ1n) is 4.66. The Morgan fingerprint density at radius 3 is 2.77 bits per heavy atom. The minimum Gasteiger partial charge on any atom is -0.390 e. The molecule has 1 aromatic heterocycles. The molecule has 2 rings (SSSR count). The van der Waals surface area contributed by atoms with Crippen LogP contribution in [0.25, 0.3) is 0 Å². The van der Waals surface area contributed by atoms with Gasteiger partial charge in [0.1, 0.15) is 0 Å². The summed E-state index contributed by atoms with van der Waals surface area (Å²) in [6, 6.07) is 3.96. The molecule has 2 N–H and O–H groups in total. The molecule has 2 unspecified atom stereocenters. The summed E-state index contributed by atoms with van der Waals surface area (Å²) in [5, 5.41) is 21.3. The smallest absolute Gasteiger partial charge is 0.0849 e. The zero-order valence-electron chi connectivity index (χ0n) is 7.39. The Bertz CT molecular complexity index is 254. The van der Waals surface area contributed by atoms with Crippen molar-refractivity contribution in [3.8, 4) is 0 Å². The molecule has 0 spiro atoms. The molecule has 2 nitrogen and oxygen atoms in total. The first kappa shape index (κ1) is 9.19. The molecule has 13 heavy (non-hydrogen) atoms. The van der Waals surface area contributed by atoms with Crippen LogP contribution < -0.4 is 0 Å². The third-order valence-corrected chi connectivity index (χ3v) is 3.39. The van der Waals surface area contributed by atoms with Crippen molar-refractivity contribution in [3.63, 3.8) is 0 Å². The molecule has 0 radical (unpaired) electrons. The Hall–Kier alpha value is -0.380. The van der Waals surface area contributed by atoms with Crippen LogP contribution in [0.3, 0.4) is 0 Å². The second kappa shape index (κ2) is 3.78. The van der Waals surface area contributed by atoms with Gasteiger partial charge in [-0.2, -0.15) is 0 Å². The average Bonchev–Trinajstić information content (AvgIpc) is 2.85. The summed E-state index contributed by atoms with van der Waals surface area (Å²) in [6.07, 6.45) is 1.65. The van der Waals surface area contributed by atoms with Gasteiger partial charge in [0.2, 0.25) is 0 Å². The predicted octanol–water partition coefficient (Wildman–Crippen LogP) is 1.42. The van der Waals surface area contributed by atoms with E-state index < -0.39 is 12.2 Å². The second-order valence-electron chi connectivity index (χ2n) is 3.68. The van der Waals surface area contributed by atoms with Crippen LogP contribution in [0.5, 0.6) is 0 Å². The molecule has 0 saturated heterocycles. The SMILES string of the molecule is OC(Cc1cccs1)C(O)C1CC1. The Morgan fingerprint density at radius 1 is 1.46 bits per heavy atom. The van der Waals surface area contributed by atoms with Crippen LogP contribution in [0.2, 0.25) is 0 Å². The number of hydrogen-bond donors (Lipinski definition) is 2. The van der Waals surface area contributed by atoms with Gasteiger partial charge in [0.15, 0.2) is 0 Å². The van der Waals surface area contributed by atoms with Gasteiger partial charge in [-0.05, 0) is 30.2 Å². The molecule has 0 bridgehead atoms. The quantitative estimate of drug-likeness (QED) is 0.768. The van der Waals surface area contributed by atoms with Gasteiger partial charge in [0, 0.05) is 11.3 Å². The maximum absolute atomic E-state index is 9.66. The fourth-order valence-electron chi connectivity index (χ4n) is 1.51. The highest BCUT2D eigenvalue weighted by molar-refractivity contribution is 7.09. The lowest BCUT2D eigenvalue weighted by molar-refractivity contribution is 0.00716. The first-order chi connectivity index (χ1) is 6.27. The van der Waals surface area contributed by atoms with Gasteiger partial charge in [0.25, 0.3) is 0 Å². The highest BCUT2D eigenvalue weighted by atomic mass is 32.1. The number of aliphatic hydroxyl groups is 2. The van der Waals surface area contributed by atoms with E-state index in [9.17, 15) is 10.2 Å². The summed E-state index contributed by atoms with van der Waals surface area (Å²) in [5.74, 6) is 0.356. The monoisotopic (exact) mass is 198 g/mol. The summed E-state index contributed by atoms with van der Waals surface area (Å²) < 4.78 is 0. The summed E-state index contributed by atoms with van der Waals surface area (Å²) in [4.78, 5) is 1.15. The molecule has 1 fully saturated rings. The van der Waals surface area contributed by atoms with Crippen LogP contribution >= 0.6 is 11.3 Å². The van der Waals surface area contributed by atoms with Gasteiger partial charge in [-0.1, -0.05) is 6.07 Å². The largest absolute Gasteiger partial charge is 0.390 e. The lowest BCUT2D eigenvalue weighted by Crippen LogP contribution is -2.29. The van der Waals surface area contributed by atoms with Crippen molar-refractivity contribution in [2.45, 2.75) is 31.5 Å². The van der Waals surface area contributed by atoms with Crippen LogP contribution in [0.1, 0.15) is 17.7 Å². The van der Waals surface area contributed by atoms with E-state index in [0.29, 0.717) is 12.3 Å². The fourth-order valence-corrected chi connectivity index (χ4v) is 2.26. The maximum atomic E-state index is 9.66. The van der Waals surface area contributed by atoms with E-state index >= 15 is 0 Å². The Balaban J connectivity index is 1.86. The van der Waals surface area contributed by atoms with Gasteiger partial charge in [-0.3, -0.25) is 0 Å². The maximum Gasteiger partial charge on any atom is 0.0849 e. The Labute approximate surface area is 81.8 Å². The predicted molar refractivity (Wildman–Crippen MR) is 52.8 cm³/mol. The highest BCUT2D eigenvalue weighted by Crippen LogP contribution is 2.34. The van der Waals surface area contributed by atoms with Crippen molar-refractivity contribution < 1.29 is 10.2 Å². The van der Waals surface area contributed by atoms with Crippen molar-refractivity contribution in [3.05, 3.63) is 22.4 Å². The van der Waals surface area contributed by atoms with Gasteiger partial charge in [-0.15, -0.1) is 11.3 Å². The van der Waals surface area contributed by atoms with Crippen LogP contribution in [-0.2, 0) is 6.42 Å². The van der Waals surface area contributed by atoms with Crippen molar-refractivity contribution in [1.82, 2.24) is 0 Å². The Morgan fingerprint density at radius 2 is 2.23 bits per heavy atom. The summed E-state index contributed by atoms with van der Waals surface area (Å²) in [7, 11) is 0. The highest BCUT2D eigenvalue weighted by Gasteiger charge is 2.34. The van der Waals surface area contributed by atoms with Gasteiger partial charge in [0.05, 0.1) is 12.2 Å². The van der Waals surface area contributed by atoms with E-state index in [1.54, 1.807) is 11.3 Å². The zero-order chi connectivity index (χ0) is 9.26. The van der Waals surface area contributed by atoms with E-state index in [1.165, 1.54) is 0 Å². The first-order valence-corrected chi connectivity index (χ1v) is 5.54. The topological polar surface area (TPSA) is 40.5 Å². The average molecular weight is 198 g/mol. The van der Waals surface area contributed by atoms with E-state index in [0.717, 1.165) is 17.7 Å². The van der Waals surface area contributed by atoms with Crippen LogP contribution in [0, 0.1) is 5.92 Å². The number of rotatable bonds is 4. The minimum atomic E-state index is -0.578. The van der Waals surface area contributed by atoms with Gasteiger partial charge < -0.3 is 10.2 Å². The molecule has 1 heterocycles. The summed E-state index contributed by atoms with van der Waals surface area (Å²) in [6.45, 7) is 0. The van der Waals surface area contributed by atoms with E-state index in [2.05, 4.69) is 0 Å². The molecule has 3 heteroatoms. The molecule has 72 valence electrons. The van der Waals surface area contributed by atoms with Crippen molar-refractivity contribution in [1.29, 1.82) is 0 Å². The van der Waals surface area contributed by atoms with Crippen LogP contribution in [0.4, 0.5) is 0 Å². The molecule has 1 aliphatic rings. The number of thiophene rings is 1. The second-order valence-corrected chi connectivity index (χ2v) is 4.71. The standard InChI is InChI=1S/C10H14O2S/c11-9(10(12)7-3-4-7)6-8-2-1-5-13-8/h1-2,5,7,9-12H,3-4,6H2. The van der Waals surface area contributed by atoms with Gasteiger partial charge >= 0.3 is 0 Å². The molecule has 0 aromatic carbocycles. The number of hydrogen-bond acceptors (Lipinski definition) is 3. The molecule has 1 aliphatic carbocycles. The zero-order valence-corrected chi connectivity index (χ0v) is 8.20. The van der Waals surface area contributed by atoms with Gasteiger partial charge in [-0.25, -0.2) is 0 Å². The normalized spacial score (nSPS) is 21.4. The van der Waals surface area contributed by atoms with Crippen LogP contribution in [-0.4, -0.2) is 22.4 Å². The third kappa shape index (κ3) is 2.30. The molecule has 0 aliphatic heterocycles. The molecular formula is C10H14O2S. The molecule has 1 saturated carbocycles. The van der Waals surface area contributed by atoms with E-state index in [-0.39, 0.29) is 0 Å². The lowest BCUT2D eigenvalue weighted by atomic mass is 10.1. The Kier molecular flexibility index (Phi) is 2.67. The van der Waals surface area contributed by atoms with Crippen LogP contribution in [0.15, 0.2) is 17.5 Å². The number of aliphatic hydroxyl groups excluding tert-OH is 2. The molecule has 2 atom stereocenters. The molecular weight excluding hydrogens is 184 g/mol. The van der Waals surface area contributed by atoms with Crippen molar-refractivity contribution in [2.24, 2.45) is 5.92 Å². The van der Waals surface area contributed by atoms with Crippen molar-refractivity contribution in [2.75, 3.05) is 0 Å². The lowest BCUT2D eigenvalue weighted by Gasteiger charge is -2.15. The minimum absolute atomic E-state index is 0.356.